The van der Waals surface area contributed by atoms with E-state index >= 15 is 0 Å². The zero-order valence-corrected chi connectivity index (χ0v) is 16.1. The highest BCUT2D eigenvalue weighted by Gasteiger charge is 2.18. The van der Waals surface area contributed by atoms with Gasteiger partial charge in [-0.1, -0.05) is 23.7 Å². The van der Waals surface area contributed by atoms with Crippen molar-refractivity contribution in [3.05, 3.63) is 57.6 Å². The van der Waals surface area contributed by atoms with Crippen molar-refractivity contribution in [2.45, 2.75) is 0 Å². The summed E-state index contributed by atoms with van der Waals surface area (Å²) in [6, 6.07) is 10.7. The highest BCUT2D eigenvalue weighted by Crippen LogP contribution is 2.28. The molecule has 10 heteroatoms. The quantitative estimate of drug-likeness (QED) is 0.451. The van der Waals surface area contributed by atoms with Gasteiger partial charge in [-0.15, -0.1) is 0 Å². The molecule has 0 radical (unpaired) electrons. The average Bonchev–Trinajstić information content (AvgIpc) is 2.63. The summed E-state index contributed by atoms with van der Waals surface area (Å²) in [6.45, 7) is 0.00645. The van der Waals surface area contributed by atoms with E-state index in [9.17, 15) is 19.7 Å². The first-order chi connectivity index (χ1) is 13.3. The van der Waals surface area contributed by atoms with E-state index in [4.69, 9.17) is 16.3 Å². The molecule has 9 nitrogen and oxygen atoms in total. The van der Waals surface area contributed by atoms with Crippen molar-refractivity contribution < 1.29 is 24.1 Å². The van der Waals surface area contributed by atoms with Crippen LogP contribution >= 0.6 is 11.6 Å². The smallest absolute Gasteiger partial charge is 0.279 e. The molecule has 2 aromatic carbocycles. The van der Waals surface area contributed by atoms with Crippen LogP contribution in [0.25, 0.3) is 0 Å². The van der Waals surface area contributed by atoms with Crippen LogP contribution in [0, 0.1) is 10.1 Å². The zero-order valence-electron chi connectivity index (χ0n) is 15.3. The van der Waals surface area contributed by atoms with Crippen LogP contribution in [-0.4, -0.2) is 44.0 Å². The van der Waals surface area contributed by atoms with Gasteiger partial charge in [0.25, 0.3) is 17.5 Å². The Morgan fingerprint density at radius 3 is 2.29 bits per heavy atom. The van der Waals surface area contributed by atoms with Crippen LogP contribution in [0.5, 0.6) is 5.75 Å². The molecule has 0 aliphatic heterocycles. The third-order valence-electron chi connectivity index (χ3n) is 3.74. The van der Waals surface area contributed by atoms with E-state index in [0.717, 1.165) is 0 Å². The number of carbonyl (C=O) groups is 2. The molecule has 0 aliphatic carbocycles. The van der Waals surface area contributed by atoms with Crippen LogP contribution in [0.1, 0.15) is 0 Å². The predicted octanol–water partition coefficient (Wildman–Crippen LogP) is 1.35. The first-order valence-corrected chi connectivity index (χ1v) is 8.66. The van der Waals surface area contributed by atoms with Gasteiger partial charge in [-0.05, 0) is 18.2 Å². The number of amides is 2. The third kappa shape index (κ3) is 5.93. The Morgan fingerprint density at radius 1 is 1.11 bits per heavy atom. The zero-order chi connectivity index (χ0) is 20.7. The first-order valence-electron chi connectivity index (χ1n) is 8.28. The van der Waals surface area contributed by atoms with Crippen LogP contribution in [0.2, 0.25) is 5.02 Å². The van der Waals surface area contributed by atoms with Crippen LogP contribution in [0.4, 0.5) is 17.1 Å². The summed E-state index contributed by atoms with van der Waals surface area (Å²) in [7, 11) is 3.07. The number of methoxy groups -OCH3 is 1. The standard InChI is InChI=1S/C18H19ClN4O5/c1-22(10-17(24)20-14-6-4-3-5-13(14)19)11-18(25)21-15-9-12(23(26)27)7-8-16(15)28-2/h3-9H,10-11H2,1-2H3,(H,20,24)(H,21,25)/p+1. The number of nitrogens with zero attached hydrogens (tertiary/aromatic N) is 1. The lowest BCUT2D eigenvalue weighted by Gasteiger charge is -2.15. The van der Waals surface area contributed by atoms with Gasteiger partial charge in [-0.25, -0.2) is 0 Å². The molecule has 148 valence electrons. The number of anilines is 2. The minimum absolute atomic E-state index is 0.0260. The van der Waals surface area contributed by atoms with Gasteiger partial charge in [0.2, 0.25) is 0 Å². The van der Waals surface area contributed by atoms with Crippen molar-refractivity contribution >= 4 is 40.5 Å². The summed E-state index contributed by atoms with van der Waals surface area (Å²) in [4.78, 5) is 35.3. The second-order valence-corrected chi connectivity index (χ2v) is 6.44. The highest BCUT2D eigenvalue weighted by molar-refractivity contribution is 6.33. The van der Waals surface area contributed by atoms with Gasteiger partial charge < -0.3 is 20.3 Å². The fraction of sp³-hybridized carbons (Fsp3) is 0.222. The largest absolute Gasteiger partial charge is 0.495 e. The van der Waals surface area contributed by atoms with E-state index in [1.165, 1.54) is 25.3 Å². The molecule has 2 aromatic rings. The molecular formula is C18H20ClN4O5+. The molecule has 1 atom stereocenters. The molecule has 0 bridgehead atoms. The number of nitrogens with one attached hydrogen (secondary N) is 3. The summed E-state index contributed by atoms with van der Waals surface area (Å²) in [5.74, 6) is -0.416. The first kappa shape index (κ1) is 21.1. The van der Waals surface area contributed by atoms with Crippen molar-refractivity contribution in [3.8, 4) is 5.75 Å². The molecule has 0 heterocycles. The van der Waals surface area contributed by atoms with E-state index in [-0.39, 0.29) is 30.4 Å². The minimum Gasteiger partial charge on any atom is -0.495 e. The Morgan fingerprint density at radius 2 is 1.71 bits per heavy atom. The van der Waals surface area contributed by atoms with Crippen molar-refractivity contribution in [3.63, 3.8) is 0 Å². The maximum atomic E-state index is 12.3. The van der Waals surface area contributed by atoms with Crippen molar-refractivity contribution in [1.29, 1.82) is 0 Å². The Hall–Kier alpha value is -3.17. The van der Waals surface area contributed by atoms with Crippen molar-refractivity contribution in [1.82, 2.24) is 0 Å². The number of carbonyl (C=O) groups excluding carboxylic acids is 2. The molecule has 28 heavy (non-hydrogen) atoms. The monoisotopic (exact) mass is 407 g/mol. The Labute approximate surface area is 166 Å². The number of hydrogen-bond donors (Lipinski definition) is 3. The van der Waals surface area contributed by atoms with Gasteiger partial charge in [-0.2, -0.15) is 0 Å². The Kier molecular flexibility index (Phi) is 7.30. The molecule has 0 saturated carbocycles. The second kappa shape index (κ2) is 9.67. The maximum absolute atomic E-state index is 12.3. The Balaban J connectivity index is 1.94. The SMILES string of the molecule is COc1ccc([N+](=O)[O-])cc1NC(=O)C[NH+](C)CC(=O)Nc1ccccc1Cl. The number of ether oxygens (including phenoxy) is 1. The van der Waals surface area contributed by atoms with Gasteiger partial charge in [0.15, 0.2) is 13.1 Å². The van der Waals surface area contributed by atoms with Gasteiger partial charge in [0, 0.05) is 12.1 Å². The molecule has 0 aliphatic rings. The minimum atomic E-state index is -0.564. The molecule has 0 aromatic heterocycles. The van der Waals surface area contributed by atoms with Crippen molar-refractivity contribution in [2.24, 2.45) is 0 Å². The molecule has 3 N–H and O–H groups in total. The van der Waals surface area contributed by atoms with Crippen LogP contribution in [0.15, 0.2) is 42.5 Å². The molecule has 0 saturated heterocycles. The lowest BCUT2D eigenvalue weighted by atomic mass is 10.2. The van der Waals surface area contributed by atoms with Crippen molar-refractivity contribution in [2.75, 3.05) is 37.9 Å². The second-order valence-electron chi connectivity index (χ2n) is 6.03. The van der Waals surface area contributed by atoms with E-state index in [2.05, 4.69) is 10.6 Å². The molecule has 0 spiro atoms. The fourth-order valence-electron chi connectivity index (χ4n) is 2.47. The summed E-state index contributed by atoms with van der Waals surface area (Å²) in [5.41, 5.74) is 0.513. The summed E-state index contributed by atoms with van der Waals surface area (Å²) in [5, 5.41) is 16.6. The molecular weight excluding hydrogens is 388 g/mol. The van der Waals surface area contributed by atoms with Crippen LogP contribution < -0.4 is 20.3 Å². The van der Waals surface area contributed by atoms with Gasteiger partial charge in [-0.3, -0.25) is 19.7 Å². The number of nitro benzene ring substituents is 1. The molecule has 1 unspecified atom stereocenters. The third-order valence-corrected chi connectivity index (χ3v) is 4.07. The lowest BCUT2D eigenvalue weighted by molar-refractivity contribution is -0.862. The number of nitro groups is 1. The number of para-hydroxylation sites is 1. The fourth-order valence-corrected chi connectivity index (χ4v) is 2.65. The number of halogens is 1. The molecule has 2 rings (SSSR count). The number of rotatable bonds is 8. The normalized spacial score (nSPS) is 11.4. The molecule has 0 fully saturated rings. The molecule has 2 amide bonds. The van der Waals surface area contributed by atoms with Gasteiger partial charge >= 0.3 is 0 Å². The Bertz CT molecular complexity index is 890. The topological polar surface area (TPSA) is 115 Å². The van der Waals surface area contributed by atoms with E-state index in [1.807, 2.05) is 0 Å². The predicted molar refractivity (Wildman–Crippen MR) is 105 cm³/mol. The number of quaternary nitrogens is 1. The van der Waals surface area contributed by atoms with E-state index in [0.29, 0.717) is 21.4 Å². The van der Waals surface area contributed by atoms with Crippen LogP contribution in [0.3, 0.4) is 0 Å². The lowest BCUT2D eigenvalue weighted by Crippen LogP contribution is -3.11. The number of likely N-dealkylation sites (N-methyl/N-ethyl adjacent to an activating group) is 1. The maximum Gasteiger partial charge on any atom is 0.279 e. The number of hydrogen-bond acceptors (Lipinski definition) is 5. The summed E-state index contributed by atoms with van der Waals surface area (Å²) < 4.78 is 5.11. The van der Waals surface area contributed by atoms with Crippen LogP contribution in [-0.2, 0) is 9.59 Å². The summed E-state index contributed by atoms with van der Waals surface area (Å²) >= 11 is 6.00. The highest BCUT2D eigenvalue weighted by atomic mass is 35.5. The number of benzene rings is 2. The van der Waals surface area contributed by atoms with Gasteiger partial charge in [0.1, 0.15) is 5.75 Å². The summed E-state index contributed by atoms with van der Waals surface area (Å²) in [6.07, 6.45) is 0. The average molecular weight is 408 g/mol. The number of non-ortho nitro benzene ring substituents is 1. The van der Waals surface area contributed by atoms with E-state index in [1.54, 1.807) is 31.3 Å². The van der Waals surface area contributed by atoms with E-state index < -0.39 is 10.8 Å². The van der Waals surface area contributed by atoms with Gasteiger partial charge in [0.05, 0.1) is 35.5 Å².